The van der Waals surface area contributed by atoms with Crippen molar-refractivity contribution in [2.45, 2.75) is 52.0 Å². The Balaban J connectivity index is 2.14. The van der Waals surface area contributed by atoms with Gasteiger partial charge in [0.15, 0.2) is 0 Å². The van der Waals surface area contributed by atoms with Crippen molar-refractivity contribution in [3.05, 3.63) is 35.0 Å². The molecule has 1 aliphatic rings. The first-order valence-electron chi connectivity index (χ1n) is 8.12. The van der Waals surface area contributed by atoms with Crippen LogP contribution in [0.15, 0.2) is 18.3 Å². The van der Waals surface area contributed by atoms with E-state index in [0.29, 0.717) is 0 Å². The molecule has 1 N–H and O–H groups in total. The van der Waals surface area contributed by atoms with Crippen LogP contribution in [0.5, 0.6) is 0 Å². The largest absolute Gasteiger partial charge is 0.347 e. The summed E-state index contributed by atoms with van der Waals surface area (Å²) in [7, 11) is 2.04. The summed E-state index contributed by atoms with van der Waals surface area (Å²) in [5, 5.41) is 4.87. The zero-order chi connectivity index (χ0) is 13.9. The molecule has 1 aromatic heterocycles. The molecule has 1 aliphatic carbocycles. The average Bonchev–Trinajstić information content (AvgIpc) is 2.84. The minimum atomic E-state index is 1.06. The summed E-state index contributed by atoms with van der Waals surface area (Å²) in [6.45, 7) is 4.46. The van der Waals surface area contributed by atoms with Crippen LogP contribution in [-0.4, -0.2) is 18.2 Å². The van der Waals surface area contributed by atoms with Gasteiger partial charge in [-0.05, 0) is 74.9 Å². The van der Waals surface area contributed by atoms with Crippen molar-refractivity contribution in [2.75, 3.05) is 13.6 Å². The van der Waals surface area contributed by atoms with Gasteiger partial charge >= 0.3 is 0 Å². The number of hydrogen-bond donors (Lipinski definition) is 1. The number of nitrogens with one attached hydrogen (secondary N) is 1. The van der Waals surface area contributed by atoms with Gasteiger partial charge in [0.25, 0.3) is 0 Å². The predicted octanol–water partition coefficient (Wildman–Crippen LogP) is 3.69. The monoisotopic (exact) mass is 270 g/mol. The summed E-state index contributed by atoms with van der Waals surface area (Å²) in [4.78, 5) is 0. The van der Waals surface area contributed by atoms with Gasteiger partial charge in [-0.15, -0.1) is 0 Å². The molecule has 2 heteroatoms. The van der Waals surface area contributed by atoms with E-state index in [1.807, 2.05) is 7.05 Å². The number of likely N-dealkylation sites (N-methyl/N-ethyl adjacent to an activating group) is 1. The van der Waals surface area contributed by atoms with Crippen LogP contribution in [0, 0.1) is 0 Å². The van der Waals surface area contributed by atoms with E-state index < -0.39 is 0 Å². The first kappa shape index (κ1) is 13.7. The highest BCUT2D eigenvalue weighted by Gasteiger charge is 2.17. The Bertz CT molecular complexity index is 595. The van der Waals surface area contributed by atoms with Crippen LogP contribution >= 0.6 is 0 Å². The van der Waals surface area contributed by atoms with Crippen molar-refractivity contribution in [3.8, 4) is 0 Å². The molecule has 108 valence electrons. The van der Waals surface area contributed by atoms with Gasteiger partial charge in [0.05, 0.1) is 0 Å². The molecular weight excluding hydrogens is 244 g/mol. The summed E-state index contributed by atoms with van der Waals surface area (Å²) in [6, 6.07) is 4.74. The summed E-state index contributed by atoms with van der Waals surface area (Å²) in [5.74, 6) is 0. The van der Waals surface area contributed by atoms with Crippen molar-refractivity contribution in [1.82, 2.24) is 9.88 Å². The van der Waals surface area contributed by atoms with Gasteiger partial charge in [0.2, 0.25) is 0 Å². The molecular formula is C18H26N2. The molecule has 0 fully saturated rings. The molecule has 1 heterocycles. The topological polar surface area (TPSA) is 17.0 Å². The molecule has 0 amide bonds. The van der Waals surface area contributed by atoms with Crippen molar-refractivity contribution in [1.29, 1.82) is 0 Å². The minimum Gasteiger partial charge on any atom is -0.347 e. The summed E-state index contributed by atoms with van der Waals surface area (Å²) >= 11 is 0. The lowest BCUT2D eigenvalue weighted by atomic mass is 9.88. The Morgan fingerprint density at radius 2 is 2.05 bits per heavy atom. The minimum absolute atomic E-state index is 1.06. The second kappa shape index (κ2) is 6.01. The highest BCUT2D eigenvalue weighted by atomic mass is 15.0. The first-order chi connectivity index (χ1) is 9.85. The van der Waals surface area contributed by atoms with Gasteiger partial charge in [0.1, 0.15) is 0 Å². The third-order valence-corrected chi connectivity index (χ3v) is 4.56. The van der Waals surface area contributed by atoms with E-state index in [2.05, 4.69) is 35.1 Å². The number of aromatic nitrogens is 1. The van der Waals surface area contributed by atoms with E-state index >= 15 is 0 Å². The lowest BCUT2D eigenvalue weighted by Crippen LogP contribution is -2.10. The number of hydrogen-bond acceptors (Lipinski definition) is 1. The van der Waals surface area contributed by atoms with Gasteiger partial charge in [-0.3, -0.25) is 0 Å². The highest BCUT2D eigenvalue weighted by molar-refractivity contribution is 5.88. The number of nitrogens with zero attached hydrogens (tertiary/aromatic N) is 1. The second-order valence-corrected chi connectivity index (χ2v) is 6.01. The zero-order valence-electron chi connectivity index (χ0n) is 12.8. The SMILES string of the molecule is CCCn1cc(CCNC)c2c3c(ccc21)CCCC3. The van der Waals surface area contributed by atoms with Gasteiger partial charge in [-0.1, -0.05) is 13.0 Å². The Kier molecular flexibility index (Phi) is 4.11. The Morgan fingerprint density at radius 3 is 2.85 bits per heavy atom. The first-order valence-corrected chi connectivity index (χ1v) is 8.12. The molecule has 0 aliphatic heterocycles. The lowest BCUT2D eigenvalue weighted by molar-refractivity contribution is 0.687. The van der Waals surface area contributed by atoms with Crippen LogP contribution in [0.25, 0.3) is 10.9 Å². The predicted molar refractivity (Wildman–Crippen MR) is 86.5 cm³/mol. The van der Waals surface area contributed by atoms with E-state index in [4.69, 9.17) is 0 Å². The van der Waals surface area contributed by atoms with E-state index in [9.17, 15) is 0 Å². The van der Waals surface area contributed by atoms with Crippen molar-refractivity contribution in [3.63, 3.8) is 0 Å². The molecule has 3 rings (SSSR count). The Morgan fingerprint density at radius 1 is 1.20 bits per heavy atom. The van der Waals surface area contributed by atoms with Gasteiger partial charge in [-0.2, -0.15) is 0 Å². The standard InChI is InChI=1S/C18H26N2/c1-3-12-20-13-15(10-11-19-2)18-16-7-5-4-6-14(16)8-9-17(18)20/h8-9,13,19H,3-7,10-12H2,1-2H3. The fourth-order valence-electron chi connectivity index (χ4n) is 3.61. The lowest BCUT2D eigenvalue weighted by Gasteiger charge is -2.18. The zero-order valence-corrected chi connectivity index (χ0v) is 12.8. The van der Waals surface area contributed by atoms with Gasteiger partial charge in [0, 0.05) is 23.6 Å². The second-order valence-electron chi connectivity index (χ2n) is 6.01. The van der Waals surface area contributed by atoms with E-state index in [1.165, 1.54) is 37.6 Å². The number of aryl methyl sites for hydroxylation is 3. The molecule has 0 atom stereocenters. The fourth-order valence-corrected chi connectivity index (χ4v) is 3.61. The molecule has 2 aromatic rings. The number of fused-ring (bicyclic) bond motifs is 3. The van der Waals surface area contributed by atoms with Crippen molar-refractivity contribution >= 4 is 10.9 Å². The average molecular weight is 270 g/mol. The van der Waals surface area contributed by atoms with Crippen LogP contribution in [-0.2, 0) is 25.8 Å². The number of rotatable bonds is 5. The molecule has 0 spiro atoms. The smallest absolute Gasteiger partial charge is 0.0486 e. The fraction of sp³-hybridized carbons (Fsp3) is 0.556. The quantitative estimate of drug-likeness (QED) is 0.876. The molecule has 0 radical (unpaired) electrons. The highest BCUT2D eigenvalue weighted by Crippen LogP contribution is 2.33. The van der Waals surface area contributed by atoms with Crippen LogP contribution in [0.2, 0.25) is 0 Å². The van der Waals surface area contributed by atoms with E-state index in [0.717, 1.165) is 19.5 Å². The van der Waals surface area contributed by atoms with Crippen molar-refractivity contribution in [2.24, 2.45) is 0 Å². The Labute approximate surface area is 122 Å². The maximum absolute atomic E-state index is 3.29. The molecule has 0 bridgehead atoms. The summed E-state index contributed by atoms with van der Waals surface area (Å²) in [5.41, 5.74) is 6.25. The molecule has 1 aromatic carbocycles. The molecule has 20 heavy (non-hydrogen) atoms. The van der Waals surface area contributed by atoms with E-state index in [-0.39, 0.29) is 0 Å². The van der Waals surface area contributed by atoms with Crippen LogP contribution < -0.4 is 5.32 Å². The maximum Gasteiger partial charge on any atom is 0.0486 e. The third kappa shape index (κ3) is 2.37. The summed E-state index contributed by atoms with van der Waals surface area (Å²) < 4.78 is 2.47. The van der Waals surface area contributed by atoms with Crippen molar-refractivity contribution < 1.29 is 0 Å². The van der Waals surface area contributed by atoms with E-state index in [1.54, 1.807) is 22.1 Å². The Hall–Kier alpha value is -1.28. The molecule has 0 saturated heterocycles. The molecule has 0 unspecified atom stereocenters. The molecule has 2 nitrogen and oxygen atoms in total. The number of benzene rings is 1. The third-order valence-electron chi connectivity index (χ3n) is 4.56. The normalized spacial score (nSPS) is 14.7. The molecule has 0 saturated carbocycles. The van der Waals surface area contributed by atoms with Gasteiger partial charge < -0.3 is 9.88 Å². The maximum atomic E-state index is 3.29. The van der Waals surface area contributed by atoms with Crippen LogP contribution in [0.1, 0.15) is 42.9 Å². The van der Waals surface area contributed by atoms with Crippen LogP contribution in [0.4, 0.5) is 0 Å². The summed E-state index contributed by atoms with van der Waals surface area (Å²) in [6.07, 6.45) is 10.0. The van der Waals surface area contributed by atoms with Crippen LogP contribution in [0.3, 0.4) is 0 Å². The van der Waals surface area contributed by atoms with Gasteiger partial charge in [-0.25, -0.2) is 0 Å².